The second-order valence-corrected chi connectivity index (χ2v) is 5.99. The Labute approximate surface area is 123 Å². The maximum absolute atomic E-state index is 3.67. The molecule has 2 nitrogen and oxygen atoms in total. The van der Waals surface area contributed by atoms with Gasteiger partial charge in [-0.2, -0.15) is 11.8 Å². The van der Waals surface area contributed by atoms with E-state index in [4.69, 9.17) is 0 Å². The summed E-state index contributed by atoms with van der Waals surface area (Å²) in [5.74, 6) is 1.22. The Hall–Kier alpha value is -0.510. The molecule has 0 aliphatic rings. The molecule has 19 heavy (non-hydrogen) atoms. The van der Waals surface area contributed by atoms with Crippen LogP contribution in [0.4, 0.5) is 0 Å². The van der Waals surface area contributed by atoms with Gasteiger partial charge in [0, 0.05) is 18.3 Å². The first kappa shape index (κ1) is 16.5. The van der Waals surface area contributed by atoms with Gasteiger partial charge in [0.05, 0.1) is 0 Å². The van der Waals surface area contributed by atoms with Crippen molar-refractivity contribution < 1.29 is 0 Å². The number of hydrogen-bond acceptors (Lipinski definition) is 3. The lowest BCUT2D eigenvalue weighted by atomic mass is 10.0. The molecule has 1 rings (SSSR count). The van der Waals surface area contributed by atoms with Crippen molar-refractivity contribution in [3.05, 3.63) is 35.9 Å². The van der Waals surface area contributed by atoms with E-state index >= 15 is 0 Å². The van der Waals surface area contributed by atoms with Crippen molar-refractivity contribution >= 4 is 11.8 Å². The smallest absolute Gasteiger partial charge is 0.0332 e. The van der Waals surface area contributed by atoms with Gasteiger partial charge in [-0.1, -0.05) is 37.3 Å². The Morgan fingerprint density at radius 1 is 1.21 bits per heavy atom. The third-order valence-corrected chi connectivity index (χ3v) is 3.91. The van der Waals surface area contributed by atoms with Crippen molar-refractivity contribution in [2.24, 2.45) is 0 Å². The second-order valence-electron chi connectivity index (χ2n) is 5.00. The highest BCUT2D eigenvalue weighted by Crippen LogP contribution is 2.16. The molecule has 0 aromatic heterocycles. The summed E-state index contributed by atoms with van der Waals surface area (Å²) >= 11 is 1.92. The molecule has 0 spiro atoms. The van der Waals surface area contributed by atoms with E-state index < -0.39 is 0 Å². The molecule has 108 valence electrons. The van der Waals surface area contributed by atoms with Crippen LogP contribution in [0.1, 0.15) is 31.4 Å². The van der Waals surface area contributed by atoms with E-state index in [2.05, 4.69) is 60.8 Å². The van der Waals surface area contributed by atoms with E-state index in [-0.39, 0.29) is 0 Å². The number of nitrogens with zero attached hydrogens (tertiary/aromatic N) is 1. The van der Waals surface area contributed by atoms with Crippen LogP contribution in [-0.4, -0.2) is 43.6 Å². The third kappa shape index (κ3) is 7.00. The predicted octanol–water partition coefficient (Wildman–Crippen LogP) is 3.41. The van der Waals surface area contributed by atoms with E-state index in [0.29, 0.717) is 6.04 Å². The number of rotatable bonds is 10. The van der Waals surface area contributed by atoms with E-state index in [1.165, 1.54) is 30.7 Å². The van der Waals surface area contributed by atoms with E-state index in [9.17, 15) is 0 Å². The second kappa shape index (κ2) is 10.3. The zero-order chi connectivity index (χ0) is 13.9. The molecule has 0 saturated heterocycles. The molecule has 1 atom stereocenters. The number of thioether (sulfide) groups is 1. The van der Waals surface area contributed by atoms with Crippen LogP contribution in [0.5, 0.6) is 0 Å². The van der Waals surface area contributed by atoms with Crippen LogP contribution in [0.25, 0.3) is 0 Å². The maximum Gasteiger partial charge on any atom is 0.0332 e. The van der Waals surface area contributed by atoms with Gasteiger partial charge in [0.2, 0.25) is 0 Å². The highest BCUT2D eigenvalue weighted by atomic mass is 32.2. The van der Waals surface area contributed by atoms with Gasteiger partial charge in [0.15, 0.2) is 0 Å². The van der Waals surface area contributed by atoms with Crippen LogP contribution < -0.4 is 5.32 Å². The molecule has 0 aliphatic heterocycles. The van der Waals surface area contributed by atoms with Crippen LogP contribution in [0.15, 0.2) is 30.3 Å². The van der Waals surface area contributed by atoms with Gasteiger partial charge in [-0.25, -0.2) is 0 Å². The average molecular weight is 280 g/mol. The van der Waals surface area contributed by atoms with Gasteiger partial charge in [-0.3, -0.25) is 0 Å². The Balaban J connectivity index is 2.46. The topological polar surface area (TPSA) is 15.3 Å². The Morgan fingerprint density at radius 2 is 1.95 bits per heavy atom. The van der Waals surface area contributed by atoms with E-state index in [0.717, 1.165) is 13.1 Å². The fourth-order valence-electron chi connectivity index (χ4n) is 2.10. The van der Waals surface area contributed by atoms with Crippen molar-refractivity contribution in [2.45, 2.75) is 25.8 Å². The molecular weight excluding hydrogens is 252 g/mol. The summed E-state index contributed by atoms with van der Waals surface area (Å²) in [6.07, 6.45) is 4.53. The average Bonchev–Trinajstić information content (AvgIpc) is 2.46. The lowest BCUT2D eigenvalue weighted by Gasteiger charge is -2.23. The summed E-state index contributed by atoms with van der Waals surface area (Å²) in [5, 5.41) is 3.67. The van der Waals surface area contributed by atoms with Crippen LogP contribution in [-0.2, 0) is 0 Å². The molecular formula is C16H28N2S. The van der Waals surface area contributed by atoms with Gasteiger partial charge in [-0.05, 0) is 44.8 Å². The first-order valence-corrected chi connectivity index (χ1v) is 8.63. The highest BCUT2D eigenvalue weighted by Gasteiger charge is 2.11. The van der Waals surface area contributed by atoms with E-state index in [1.807, 2.05) is 11.8 Å². The minimum absolute atomic E-state index is 0.484. The normalized spacial score (nSPS) is 12.8. The van der Waals surface area contributed by atoms with Gasteiger partial charge in [0.1, 0.15) is 0 Å². The molecule has 0 radical (unpaired) electrons. The van der Waals surface area contributed by atoms with Gasteiger partial charge >= 0.3 is 0 Å². The van der Waals surface area contributed by atoms with Crippen molar-refractivity contribution in [1.82, 2.24) is 10.2 Å². The molecule has 0 aliphatic carbocycles. The van der Waals surface area contributed by atoms with Crippen LogP contribution in [0.2, 0.25) is 0 Å². The van der Waals surface area contributed by atoms with E-state index in [1.54, 1.807) is 0 Å². The summed E-state index contributed by atoms with van der Waals surface area (Å²) < 4.78 is 0. The highest BCUT2D eigenvalue weighted by molar-refractivity contribution is 7.98. The number of benzene rings is 1. The molecule has 0 heterocycles. The Bertz CT molecular complexity index is 316. The summed E-state index contributed by atoms with van der Waals surface area (Å²) in [6.45, 7) is 5.64. The minimum atomic E-state index is 0.484. The first-order valence-electron chi connectivity index (χ1n) is 7.23. The fraction of sp³-hybridized carbons (Fsp3) is 0.625. The fourth-order valence-corrected chi connectivity index (χ4v) is 2.59. The van der Waals surface area contributed by atoms with Crippen molar-refractivity contribution in [3.8, 4) is 0 Å². The molecule has 1 aromatic carbocycles. The summed E-state index contributed by atoms with van der Waals surface area (Å²) in [4.78, 5) is 2.43. The zero-order valence-electron chi connectivity index (χ0n) is 12.6. The molecule has 0 bridgehead atoms. The quantitative estimate of drug-likeness (QED) is 0.707. The standard InChI is InChI=1S/C16H28N2S/c1-4-11-17-16(15-8-6-5-7-9-15)10-12-18(2)13-14-19-3/h5-9,16-17H,4,10-14H2,1-3H3. The van der Waals surface area contributed by atoms with Crippen LogP contribution in [0.3, 0.4) is 0 Å². The SMILES string of the molecule is CCCNC(CCN(C)CCSC)c1ccccc1. The summed E-state index contributed by atoms with van der Waals surface area (Å²) in [7, 11) is 2.22. The molecule has 1 unspecified atom stereocenters. The number of hydrogen-bond donors (Lipinski definition) is 1. The molecule has 3 heteroatoms. The molecule has 1 N–H and O–H groups in total. The summed E-state index contributed by atoms with van der Waals surface area (Å²) in [5.41, 5.74) is 1.41. The molecule has 0 amide bonds. The van der Waals surface area contributed by atoms with Crippen LogP contribution >= 0.6 is 11.8 Å². The summed E-state index contributed by atoms with van der Waals surface area (Å²) in [6, 6.07) is 11.3. The molecule has 0 fully saturated rings. The zero-order valence-corrected chi connectivity index (χ0v) is 13.4. The maximum atomic E-state index is 3.67. The van der Waals surface area contributed by atoms with Crippen molar-refractivity contribution in [2.75, 3.05) is 38.7 Å². The molecule has 0 saturated carbocycles. The third-order valence-electron chi connectivity index (χ3n) is 3.32. The lowest BCUT2D eigenvalue weighted by Crippen LogP contribution is -2.29. The number of nitrogens with one attached hydrogen (secondary N) is 1. The van der Waals surface area contributed by atoms with Gasteiger partial charge in [-0.15, -0.1) is 0 Å². The largest absolute Gasteiger partial charge is 0.310 e. The first-order chi connectivity index (χ1) is 9.27. The minimum Gasteiger partial charge on any atom is -0.310 e. The lowest BCUT2D eigenvalue weighted by molar-refractivity contribution is 0.323. The van der Waals surface area contributed by atoms with Gasteiger partial charge in [0.25, 0.3) is 0 Å². The monoisotopic (exact) mass is 280 g/mol. The van der Waals surface area contributed by atoms with Crippen molar-refractivity contribution in [1.29, 1.82) is 0 Å². The van der Waals surface area contributed by atoms with Crippen LogP contribution in [0, 0.1) is 0 Å². The molecule has 1 aromatic rings. The predicted molar refractivity (Wildman–Crippen MR) is 88.0 cm³/mol. The van der Waals surface area contributed by atoms with Crippen molar-refractivity contribution in [3.63, 3.8) is 0 Å². The Morgan fingerprint density at radius 3 is 2.58 bits per heavy atom. The van der Waals surface area contributed by atoms with Gasteiger partial charge < -0.3 is 10.2 Å². The Kier molecular flexibility index (Phi) is 8.97.